The smallest absolute Gasteiger partial charge is 0.173 e. The van der Waals surface area contributed by atoms with Crippen LogP contribution in [0, 0.1) is 11.8 Å². The number of rotatable bonds is 1. The molecule has 18 heavy (non-hydrogen) atoms. The van der Waals surface area contributed by atoms with Crippen molar-refractivity contribution < 1.29 is 8.78 Å². The molecule has 0 unspecified atom stereocenters. The van der Waals surface area contributed by atoms with Crippen LogP contribution < -0.4 is 0 Å². The highest BCUT2D eigenvalue weighted by molar-refractivity contribution is 5.64. The largest absolute Gasteiger partial charge is 0.278 e. The zero-order valence-electron chi connectivity index (χ0n) is 9.53. The summed E-state index contributed by atoms with van der Waals surface area (Å²) in [6.07, 6.45) is -1.17. The molecular weight excluding hydrogens is 230 g/mol. The summed E-state index contributed by atoms with van der Waals surface area (Å²) in [6.45, 7) is 0. The minimum atomic E-state index is -1.77. The summed E-state index contributed by atoms with van der Waals surface area (Å²) < 4.78 is 23.6. The lowest BCUT2D eigenvalue weighted by atomic mass is 10.0. The van der Waals surface area contributed by atoms with Gasteiger partial charge in [0, 0.05) is 5.56 Å². The monoisotopic (exact) mass is 240 g/mol. The van der Waals surface area contributed by atoms with Crippen LogP contribution in [-0.2, 0) is 0 Å². The van der Waals surface area contributed by atoms with Gasteiger partial charge in [-0.05, 0) is 23.3 Å². The van der Waals surface area contributed by atoms with Crippen molar-refractivity contribution in [2.45, 2.75) is 0 Å². The number of hydrogen-bond donors (Lipinski definition) is 0. The maximum Gasteiger partial charge on any atom is 0.278 e. The molecule has 2 heteroatoms. The van der Waals surface area contributed by atoms with Gasteiger partial charge in [0.15, 0.2) is 0 Å². The van der Waals surface area contributed by atoms with Crippen molar-refractivity contribution in [1.82, 2.24) is 0 Å². The molecule has 0 saturated heterocycles. The van der Waals surface area contributed by atoms with E-state index in [1.165, 1.54) is 0 Å². The lowest BCUT2D eigenvalue weighted by Gasteiger charge is -2.00. The third-order valence-corrected chi connectivity index (χ3v) is 2.39. The van der Waals surface area contributed by atoms with E-state index < -0.39 is 6.08 Å². The quantitative estimate of drug-likeness (QED) is 0.644. The first-order valence-corrected chi connectivity index (χ1v) is 5.44. The lowest BCUT2D eigenvalue weighted by Crippen LogP contribution is -1.78. The molecule has 2 aromatic rings. The Morgan fingerprint density at radius 2 is 1.44 bits per heavy atom. The zero-order chi connectivity index (χ0) is 12.8. The Morgan fingerprint density at radius 3 is 2.06 bits per heavy atom. The molecule has 2 aromatic carbocycles. The highest BCUT2D eigenvalue weighted by atomic mass is 19.3. The first kappa shape index (κ1) is 12.1. The molecule has 0 amide bonds. The lowest BCUT2D eigenvalue weighted by molar-refractivity contribution is 0.422. The van der Waals surface area contributed by atoms with Crippen LogP contribution >= 0.6 is 0 Å². The number of halogens is 2. The van der Waals surface area contributed by atoms with Gasteiger partial charge in [0.25, 0.3) is 6.08 Å². The van der Waals surface area contributed by atoms with Crippen LogP contribution in [0.15, 0.2) is 66.8 Å². The van der Waals surface area contributed by atoms with E-state index in [1.807, 2.05) is 54.6 Å². The van der Waals surface area contributed by atoms with Crippen molar-refractivity contribution in [3.05, 3.63) is 72.3 Å². The second-order valence-electron chi connectivity index (χ2n) is 3.65. The van der Waals surface area contributed by atoms with Gasteiger partial charge in [0.2, 0.25) is 0 Å². The fourth-order valence-corrected chi connectivity index (χ4v) is 1.55. The summed E-state index contributed by atoms with van der Waals surface area (Å²) in [4.78, 5) is 0. The SMILES string of the molecule is FC(F)=CC#Cc1ccc(-c2ccccc2)cc1. The maximum atomic E-state index is 11.8. The molecule has 0 spiro atoms. The topological polar surface area (TPSA) is 0 Å². The molecule has 0 aliphatic heterocycles. The molecule has 0 aliphatic carbocycles. The Labute approximate surface area is 105 Å². The summed E-state index contributed by atoms with van der Waals surface area (Å²) in [7, 11) is 0. The molecule has 0 radical (unpaired) electrons. The first-order chi connectivity index (χ1) is 8.75. The predicted molar refractivity (Wildman–Crippen MR) is 69.1 cm³/mol. The summed E-state index contributed by atoms with van der Waals surface area (Å²) in [6, 6.07) is 17.4. The highest BCUT2D eigenvalue weighted by Gasteiger charge is 1.95. The predicted octanol–water partition coefficient (Wildman–Crippen LogP) is 4.49. The summed E-state index contributed by atoms with van der Waals surface area (Å²) in [5.74, 6) is 4.95. The number of hydrogen-bond acceptors (Lipinski definition) is 0. The number of benzene rings is 2. The molecule has 0 saturated carbocycles. The molecule has 0 fully saturated rings. The van der Waals surface area contributed by atoms with E-state index in [0.717, 1.165) is 11.1 Å². The van der Waals surface area contributed by atoms with E-state index in [4.69, 9.17) is 0 Å². The van der Waals surface area contributed by atoms with Crippen molar-refractivity contribution in [2.24, 2.45) is 0 Å². The molecule has 0 atom stereocenters. The van der Waals surface area contributed by atoms with Crippen molar-refractivity contribution >= 4 is 0 Å². The van der Waals surface area contributed by atoms with Crippen LogP contribution in [-0.4, -0.2) is 0 Å². The maximum absolute atomic E-state index is 11.8. The van der Waals surface area contributed by atoms with Crippen LogP contribution in [0.3, 0.4) is 0 Å². The Kier molecular flexibility index (Phi) is 3.88. The molecule has 0 nitrogen and oxygen atoms in total. The minimum Gasteiger partial charge on any atom is -0.173 e. The standard InChI is InChI=1S/C16H10F2/c17-16(18)8-4-5-13-9-11-15(12-10-13)14-6-2-1-3-7-14/h1-3,6-12H. The van der Waals surface area contributed by atoms with Gasteiger partial charge < -0.3 is 0 Å². The minimum absolute atomic E-state index is 0.602. The molecular formula is C16H10F2. The van der Waals surface area contributed by atoms with E-state index in [9.17, 15) is 8.78 Å². The second kappa shape index (κ2) is 5.79. The van der Waals surface area contributed by atoms with Crippen molar-refractivity contribution in [1.29, 1.82) is 0 Å². The van der Waals surface area contributed by atoms with Crippen LogP contribution in [0.1, 0.15) is 5.56 Å². The van der Waals surface area contributed by atoms with Crippen molar-refractivity contribution in [3.8, 4) is 23.0 Å². The summed E-state index contributed by atoms with van der Waals surface area (Å²) in [5, 5.41) is 0. The zero-order valence-corrected chi connectivity index (χ0v) is 9.53. The van der Waals surface area contributed by atoms with E-state index in [-0.39, 0.29) is 0 Å². The van der Waals surface area contributed by atoms with Gasteiger partial charge in [-0.2, -0.15) is 8.78 Å². The fourth-order valence-electron chi connectivity index (χ4n) is 1.55. The molecule has 88 valence electrons. The van der Waals surface area contributed by atoms with Gasteiger partial charge in [0.1, 0.15) is 0 Å². The summed E-state index contributed by atoms with van der Waals surface area (Å²) in [5.41, 5.74) is 2.91. The Bertz CT molecular complexity index is 595. The van der Waals surface area contributed by atoms with Crippen LogP contribution in [0.25, 0.3) is 11.1 Å². The van der Waals surface area contributed by atoms with Gasteiger partial charge >= 0.3 is 0 Å². The van der Waals surface area contributed by atoms with Crippen LogP contribution in [0.5, 0.6) is 0 Å². The molecule has 2 rings (SSSR count). The highest BCUT2D eigenvalue weighted by Crippen LogP contribution is 2.18. The van der Waals surface area contributed by atoms with Gasteiger partial charge in [-0.15, -0.1) is 0 Å². The van der Waals surface area contributed by atoms with E-state index in [2.05, 4.69) is 11.8 Å². The van der Waals surface area contributed by atoms with Gasteiger partial charge in [-0.25, -0.2) is 0 Å². The molecule has 0 aliphatic rings. The second-order valence-corrected chi connectivity index (χ2v) is 3.65. The van der Waals surface area contributed by atoms with Crippen molar-refractivity contribution in [2.75, 3.05) is 0 Å². The first-order valence-electron chi connectivity index (χ1n) is 5.44. The molecule has 0 N–H and O–H groups in total. The van der Waals surface area contributed by atoms with Gasteiger partial charge in [-0.3, -0.25) is 0 Å². The summed E-state index contributed by atoms with van der Waals surface area (Å²) >= 11 is 0. The third kappa shape index (κ3) is 3.29. The van der Waals surface area contributed by atoms with Crippen molar-refractivity contribution in [3.63, 3.8) is 0 Å². The van der Waals surface area contributed by atoms with E-state index in [1.54, 1.807) is 0 Å². The molecule has 0 bridgehead atoms. The van der Waals surface area contributed by atoms with E-state index >= 15 is 0 Å². The van der Waals surface area contributed by atoms with Crippen LogP contribution in [0.4, 0.5) is 8.78 Å². The Hall–Kier alpha value is -2.40. The Balaban J connectivity index is 2.20. The van der Waals surface area contributed by atoms with Crippen LogP contribution in [0.2, 0.25) is 0 Å². The molecule has 0 aromatic heterocycles. The van der Waals surface area contributed by atoms with Gasteiger partial charge in [0.05, 0.1) is 6.08 Å². The van der Waals surface area contributed by atoms with Gasteiger partial charge in [-0.1, -0.05) is 54.3 Å². The fraction of sp³-hybridized carbons (Fsp3) is 0. The third-order valence-electron chi connectivity index (χ3n) is 2.39. The average molecular weight is 240 g/mol. The average Bonchev–Trinajstić information content (AvgIpc) is 2.40. The van der Waals surface area contributed by atoms with E-state index in [0.29, 0.717) is 11.6 Å². The number of allylic oxidation sites excluding steroid dienone is 1. The normalized spacial score (nSPS) is 9.22. The Morgan fingerprint density at radius 1 is 0.833 bits per heavy atom. The molecule has 0 heterocycles.